The third-order valence-corrected chi connectivity index (χ3v) is 3.62. The smallest absolute Gasteiger partial charge is 0.0716 e. The van der Waals surface area contributed by atoms with E-state index >= 15 is 0 Å². The predicted octanol–water partition coefficient (Wildman–Crippen LogP) is 5.41. The third-order valence-electron chi connectivity index (χ3n) is 3.31. The molecule has 106 valence electrons. The molecule has 0 heterocycles. The third kappa shape index (κ3) is 4.36. The van der Waals surface area contributed by atoms with E-state index in [-0.39, 0.29) is 0 Å². The van der Waals surface area contributed by atoms with E-state index < -0.39 is 0 Å². The van der Waals surface area contributed by atoms with Gasteiger partial charge in [0.2, 0.25) is 0 Å². The Hall–Kier alpha value is -1.31. The standard InChI is InChI=1S/C18H21ClO/c1-2-3-12-20-14-16-6-10-18(11-7-16)17-8-4-15(13-19)5-9-17/h4-11H,2-3,12-14H2,1H3. The number of ether oxygens (including phenoxy) is 1. The van der Waals surface area contributed by atoms with Crippen LogP contribution >= 0.6 is 11.6 Å². The van der Waals surface area contributed by atoms with Gasteiger partial charge in [-0.2, -0.15) is 0 Å². The van der Waals surface area contributed by atoms with Crippen molar-refractivity contribution >= 4 is 11.6 Å². The average molecular weight is 289 g/mol. The molecule has 0 fully saturated rings. The summed E-state index contributed by atoms with van der Waals surface area (Å²) in [6, 6.07) is 16.9. The van der Waals surface area contributed by atoms with Crippen LogP contribution in [-0.4, -0.2) is 6.61 Å². The molecule has 0 aromatic heterocycles. The molecule has 0 N–H and O–H groups in total. The molecule has 0 atom stereocenters. The van der Waals surface area contributed by atoms with E-state index in [0.717, 1.165) is 18.6 Å². The topological polar surface area (TPSA) is 9.23 Å². The van der Waals surface area contributed by atoms with Gasteiger partial charge >= 0.3 is 0 Å². The highest BCUT2D eigenvalue weighted by atomic mass is 35.5. The molecule has 2 rings (SSSR count). The van der Waals surface area contributed by atoms with Gasteiger partial charge in [-0.15, -0.1) is 11.6 Å². The molecule has 0 unspecified atom stereocenters. The van der Waals surface area contributed by atoms with Crippen molar-refractivity contribution < 1.29 is 4.74 Å². The number of halogens is 1. The molecular formula is C18H21ClO. The number of hydrogen-bond acceptors (Lipinski definition) is 1. The summed E-state index contributed by atoms with van der Waals surface area (Å²) in [5.41, 5.74) is 4.82. The summed E-state index contributed by atoms with van der Waals surface area (Å²) in [7, 11) is 0. The van der Waals surface area contributed by atoms with Crippen LogP contribution in [0.2, 0.25) is 0 Å². The van der Waals surface area contributed by atoms with Gasteiger partial charge in [0.05, 0.1) is 6.61 Å². The van der Waals surface area contributed by atoms with Gasteiger partial charge in [-0.1, -0.05) is 61.9 Å². The van der Waals surface area contributed by atoms with Gasteiger partial charge in [-0.3, -0.25) is 0 Å². The van der Waals surface area contributed by atoms with Crippen LogP contribution < -0.4 is 0 Å². The first-order valence-corrected chi connectivity index (χ1v) is 7.69. The van der Waals surface area contributed by atoms with E-state index in [9.17, 15) is 0 Å². The van der Waals surface area contributed by atoms with Crippen molar-refractivity contribution in [3.8, 4) is 11.1 Å². The van der Waals surface area contributed by atoms with E-state index in [2.05, 4.69) is 55.5 Å². The summed E-state index contributed by atoms with van der Waals surface area (Å²) in [6.07, 6.45) is 2.31. The molecule has 0 aliphatic carbocycles. The first kappa shape index (κ1) is 15.1. The number of benzene rings is 2. The van der Waals surface area contributed by atoms with Crippen LogP contribution in [0.1, 0.15) is 30.9 Å². The van der Waals surface area contributed by atoms with Crippen LogP contribution in [0.4, 0.5) is 0 Å². The van der Waals surface area contributed by atoms with Gasteiger partial charge in [0.25, 0.3) is 0 Å². The summed E-state index contributed by atoms with van der Waals surface area (Å²) < 4.78 is 5.62. The fraction of sp³-hybridized carbons (Fsp3) is 0.333. The Bertz CT molecular complexity index is 502. The zero-order valence-corrected chi connectivity index (χ0v) is 12.7. The molecule has 0 saturated carbocycles. The van der Waals surface area contributed by atoms with Gasteiger partial charge in [0.15, 0.2) is 0 Å². The molecule has 20 heavy (non-hydrogen) atoms. The van der Waals surface area contributed by atoms with Gasteiger partial charge < -0.3 is 4.74 Å². The molecule has 2 heteroatoms. The van der Waals surface area contributed by atoms with E-state index in [1.165, 1.54) is 23.1 Å². The lowest BCUT2D eigenvalue weighted by Crippen LogP contribution is -1.94. The van der Waals surface area contributed by atoms with Crippen LogP contribution in [0.3, 0.4) is 0 Å². The number of alkyl halides is 1. The fourth-order valence-electron chi connectivity index (χ4n) is 2.02. The van der Waals surface area contributed by atoms with E-state index in [0.29, 0.717) is 12.5 Å². The zero-order valence-electron chi connectivity index (χ0n) is 11.9. The van der Waals surface area contributed by atoms with Crippen molar-refractivity contribution in [3.05, 3.63) is 59.7 Å². The largest absolute Gasteiger partial charge is 0.377 e. The molecule has 2 aromatic carbocycles. The van der Waals surface area contributed by atoms with E-state index in [4.69, 9.17) is 16.3 Å². The molecule has 1 nitrogen and oxygen atoms in total. The molecule has 0 bridgehead atoms. The Labute approximate surface area is 126 Å². The SMILES string of the molecule is CCCCOCc1ccc(-c2ccc(CCl)cc2)cc1. The van der Waals surface area contributed by atoms with E-state index in [1.54, 1.807) is 0 Å². The lowest BCUT2D eigenvalue weighted by atomic mass is 10.0. The summed E-state index contributed by atoms with van der Waals surface area (Å²) in [6.45, 7) is 3.72. The zero-order chi connectivity index (χ0) is 14.2. The maximum Gasteiger partial charge on any atom is 0.0716 e. The number of rotatable bonds is 7. The summed E-state index contributed by atoms with van der Waals surface area (Å²) in [5.74, 6) is 0.564. The Morgan fingerprint density at radius 2 is 1.40 bits per heavy atom. The van der Waals surface area contributed by atoms with Crippen LogP contribution in [-0.2, 0) is 17.2 Å². The minimum atomic E-state index is 0.564. The second kappa shape index (κ2) is 8.08. The van der Waals surface area contributed by atoms with Crippen molar-refractivity contribution in [3.63, 3.8) is 0 Å². The number of hydrogen-bond donors (Lipinski definition) is 0. The van der Waals surface area contributed by atoms with Crippen LogP contribution in [0.15, 0.2) is 48.5 Å². The molecule has 0 aliphatic rings. The second-order valence-electron chi connectivity index (χ2n) is 4.93. The molecule has 0 radical (unpaired) electrons. The minimum Gasteiger partial charge on any atom is -0.377 e. The molecule has 0 amide bonds. The lowest BCUT2D eigenvalue weighted by Gasteiger charge is -2.06. The maximum atomic E-state index is 5.80. The van der Waals surface area contributed by atoms with Crippen LogP contribution in [0, 0.1) is 0 Å². The van der Waals surface area contributed by atoms with Gasteiger partial charge in [-0.25, -0.2) is 0 Å². The van der Waals surface area contributed by atoms with Crippen molar-refractivity contribution in [2.45, 2.75) is 32.3 Å². The van der Waals surface area contributed by atoms with Gasteiger partial charge in [0.1, 0.15) is 0 Å². The molecule has 2 aromatic rings. The van der Waals surface area contributed by atoms with Crippen LogP contribution in [0.5, 0.6) is 0 Å². The molecule has 0 spiro atoms. The average Bonchev–Trinajstić information content (AvgIpc) is 2.52. The van der Waals surface area contributed by atoms with Crippen molar-refractivity contribution in [1.29, 1.82) is 0 Å². The Morgan fingerprint density at radius 3 is 1.90 bits per heavy atom. The highest BCUT2D eigenvalue weighted by Gasteiger charge is 1.99. The summed E-state index contributed by atoms with van der Waals surface area (Å²) in [5, 5.41) is 0. The monoisotopic (exact) mass is 288 g/mol. The summed E-state index contributed by atoms with van der Waals surface area (Å²) >= 11 is 5.80. The van der Waals surface area contributed by atoms with Crippen LogP contribution in [0.25, 0.3) is 11.1 Å². The second-order valence-corrected chi connectivity index (χ2v) is 5.20. The highest BCUT2D eigenvalue weighted by Crippen LogP contribution is 2.21. The van der Waals surface area contributed by atoms with Crippen molar-refractivity contribution in [2.75, 3.05) is 6.61 Å². The Morgan fingerprint density at radius 1 is 0.850 bits per heavy atom. The molecular weight excluding hydrogens is 268 g/mol. The lowest BCUT2D eigenvalue weighted by molar-refractivity contribution is 0.118. The predicted molar refractivity (Wildman–Crippen MR) is 86.0 cm³/mol. The van der Waals surface area contributed by atoms with E-state index in [1.807, 2.05) is 0 Å². The van der Waals surface area contributed by atoms with Gasteiger partial charge in [-0.05, 0) is 28.7 Å². The van der Waals surface area contributed by atoms with Crippen molar-refractivity contribution in [1.82, 2.24) is 0 Å². The highest BCUT2D eigenvalue weighted by molar-refractivity contribution is 6.17. The molecule has 0 saturated heterocycles. The molecule has 0 aliphatic heterocycles. The Kier molecular flexibility index (Phi) is 6.10. The quantitative estimate of drug-likeness (QED) is 0.489. The van der Waals surface area contributed by atoms with Crippen molar-refractivity contribution in [2.24, 2.45) is 0 Å². The first-order chi connectivity index (χ1) is 9.83. The summed E-state index contributed by atoms with van der Waals surface area (Å²) in [4.78, 5) is 0. The Balaban J connectivity index is 1.96. The maximum absolute atomic E-state index is 5.80. The fourth-order valence-corrected chi connectivity index (χ4v) is 2.19. The normalized spacial score (nSPS) is 10.7. The van der Waals surface area contributed by atoms with Gasteiger partial charge in [0, 0.05) is 12.5 Å². The number of unbranched alkanes of at least 4 members (excludes halogenated alkanes) is 1. The minimum absolute atomic E-state index is 0.564. The first-order valence-electron chi connectivity index (χ1n) is 7.15.